The zero-order valence-electron chi connectivity index (χ0n) is 11.6. The van der Waals surface area contributed by atoms with E-state index in [1.165, 1.54) is 0 Å². The molecule has 0 saturated heterocycles. The molecule has 4 nitrogen and oxygen atoms in total. The van der Waals surface area contributed by atoms with Crippen LogP contribution in [-0.4, -0.2) is 37.6 Å². The molecule has 18 heavy (non-hydrogen) atoms. The summed E-state index contributed by atoms with van der Waals surface area (Å²) in [6, 6.07) is 8.06. The van der Waals surface area contributed by atoms with Crippen molar-refractivity contribution < 1.29 is 9.53 Å². The number of carbonyl (C=O) groups is 1. The summed E-state index contributed by atoms with van der Waals surface area (Å²) in [6.07, 6.45) is 0. The second-order valence-corrected chi connectivity index (χ2v) is 4.60. The van der Waals surface area contributed by atoms with E-state index >= 15 is 0 Å². The lowest BCUT2D eigenvalue weighted by molar-refractivity contribution is -0.129. The Morgan fingerprint density at radius 1 is 1.39 bits per heavy atom. The molecule has 0 bridgehead atoms. The van der Waals surface area contributed by atoms with Crippen molar-refractivity contribution in [2.75, 3.05) is 20.7 Å². The maximum absolute atomic E-state index is 11.9. The maximum Gasteiger partial charge on any atom is 0.236 e. The van der Waals surface area contributed by atoms with Gasteiger partial charge in [0.2, 0.25) is 5.91 Å². The van der Waals surface area contributed by atoms with Gasteiger partial charge in [-0.05, 0) is 6.07 Å². The molecule has 0 atom stereocenters. The molecule has 0 aliphatic heterocycles. The van der Waals surface area contributed by atoms with Gasteiger partial charge < -0.3 is 15.0 Å². The Balaban J connectivity index is 2.58. The third-order valence-electron chi connectivity index (χ3n) is 2.69. The number of benzene rings is 1. The standard InChI is InChI=1S/C14H22N2O2/c1-11(2)15-9-14(17)16(3)10-12-7-5-6-8-13(12)18-4/h5-8,11,15H,9-10H2,1-4H3. The van der Waals surface area contributed by atoms with Crippen molar-refractivity contribution in [1.29, 1.82) is 0 Å². The number of carbonyl (C=O) groups excluding carboxylic acids is 1. The van der Waals surface area contributed by atoms with Gasteiger partial charge in [0, 0.05) is 25.2 Å². The van der Waals surface area contributed by atoms with Crippen LogP contribution in [0.3, 0.4) is 0 Å². The van der Waals surface area contributed by atoms with E-state index in [-0.39, 0.29) is 5.91 Å². The molecule has 0 aliphatic rings. The van der Waals surface area contributed by atoms with Crippen molar-refractivity contribution in [1.82, 2.24) is 10.2 Å². The van der Waals surface area contributed by atoms with Gasteiger partial charge in [-0.1, -0.05) is 32.0 Å². The van der Waals surface area contributed by atoms with E-state index in [0.29, 0.717) is 19.1 Å². The normalized spacial score (nSPS) is 10.5. The number of ether oxygens (including phenoxy) is 1. The van der Waals surface area contributed by atoms with Crippen LogP contribution in [0.1, 0.15) is 19.4 Å². The van der Waals surface area contributed by atoms with Crippen LogP contribution in [0, 0.1) is 0 Å². The Hall–Kier alpha value is -1.55. The summed E-state index contributed by atoms with van der Waals surface area (Å²) < 4.78 is 5.27. The lowest BCUT2D eigenvalue weighted by Crippen LogP contribution is -2.37. The minimum atomic E-state index is 0.0783. The van der Waals surface area contributed by atoms with E-state index in [4.69, 9.17) is 4.74 Å². The van der Waals surface area contributed by atoms with E-state index in [2.05, 4.69) is 5.32 Å². The fourth-order valence-corrected chi connectivity index (χ4v) is 1.60. The number of likely N-dealkylation sites (N-methyl/N-ethyl adjacent to an activating group) is 1. The number of methoxy groups -OCH3 is 1. The van der Waals surface area contributed by atoms with Crippen LogP contribution in [0.25, 0.3) is 0 Å². The lowest BCUT2D eigenvalue weighted by atomic mass is 10.2. The SMILES string of the molecule is COc1ccccc1CN(C)C(=O)CNC(C)C. The second-order valence-electron chi connectivity index (χ2n) is 4.60. The largest absolute Gasteiger partial charge is 0.496 e. The molecule has 0 heterocycles. The first-order valence-electron chi connectivity index (χ1n) is 6.13. The number of rotatable bonds is 6. The van der Waals surface area contributed by atoms with Gasteiger partial charge in [0.15, 0.2) is 0 Å². The average Bonchev–Trinajstić information content (AvgIpc) is 2.36. The number of para-hydroxylation sites is 1. The summed E-state index contributed by atoms with van der Waals surface area (Å²) >= 11 is 0. The number of nitrogens with one attached hydrogen (secondary N) is 1. The van der Waals surface area contributed by atoms with E-state index in [0.717, 1.165) is 11.3 Å². The number of amides is 1. The first-order chi connectivity index (χ1) is 8.54. The van der Waals surface area contributed by atoms with Crippen LogP contribution in [0.5, 0.6) is 5.75 Å². The third kappa shape index (κ3) is 4.37. The Labute approximate surface area is 109 Å². The molecule has 1 aromatic carbocycles. The van der Waals surface area contributed by atoms with E-state index in [1.54, 1.807) is 19.1 Å². The summed E-state index contributed by atoms with van der Waals surface area (Å²) in [5, 5.41) is 3.12. The Kier molecular flexibility index (Phi) is 5.65. The van der Waals surface area contributed by atoms with E-state index < -0.39 is 0 Å². The van der Waals surface area contributed by atoms with Gasteiger partial charge >= 0.3 is 0 Å². The summed E-state index contributed by atoms with van der Waals surface area (Å²) in [5.74, 6) is 0.892. The monoisotopic (exact) mass is 250 g/mol. The smallest absolute Gasteiger partial charge is 0.236 e. The number of hydrogen-bond acceptors (Lipinski definition) is 3. The maximum atomic E-state index is 11.9. The van der Waals surface area contributed by atoms with Crippen molar-refractivity contribution in [3.8, 4) is 5.75 Å². The van der Waals surface area contributed by atoms with Crippen LogP contribution in [0.4, 0.5) is 0 Å². The van der Waals surface area contributed by atoms with Gasteiger partial charge in [0.1, 0.15) is 5.75 Å². The van der Waals surface area contributed by atoms with Crippen LogP contribution in [0.2, 0.25) is 0 Å². The van der Waals surface area contributed by atoms with Crippen molar-refractivity contribution in [3.63, 3.8) is 0 Å². The summed E-state index contributed by atoms with van der Waals surface area (Å²) in [4.78, 5) is 13.6. The van der Waals surface area contributed by atoms with Crippen LogP contribution in [0.15, 0.2) is 24.3 Å². The average molecular weight is 250 g/mol. The van der Waals surface area contributed by atoms with Gasteiger partial charge in [-0.25, -0.2) is 0 Å². The molecule has 0 fully saturated rings. The van der Waals surface area contributed by atoms with Gasteiger partial charge in [-0.3, -0.25) is 4.79 Å². The summed E-state index contributed by atoms with van der Waals surface area (Å²) in [7, 11) is 3.44. The molecule has 100 valence electrons. The highest BCUT2D eigenvalue weighted by Gasteiger charge is 2.11. The van der Waals surface area contributed by atoms with Crippen molar-refractivity contribution >= 4 is 5.91 Å². The topological polar surface area (TPSA) is 41.6 Å². The predicted octanol–water partition coefficient (Wildman–Crippen LogP) is 1.65. The molecule has 0 saturated carbocycles. The van der Waals surface area contributed by atoms with Gasteiger partial charge in [-0.15, -0.1) is 0 Å². The lowest BCUT2D eigenvalue weighted by Gasteiger charge is -2.19. The highest BCUT2D eigenvalue weighted by Crippen LogP contribution is 2.18. The fraction of sp³-hybridized carbons (Fsp3) is 0.500. The van der Waals surface area contributed by atoms with E-state index in [9.17, 15) is 4.79 Å². The van der Waals surface area contributed by atoms with Gasteiger partial charge in [-0.2, -0.15) is 0 Å². The van der Waals surface area contributed by atoms with Crippen LogP contribution in [-0.2, 0) is 11.3 Å². The molecular formula is C14H22N2O2. The Bertz CT molecular complexity index is 391. The minimum Gasteiger partial charge on any atom is -0.496 e. The Morgan fingerprint density at radius 3 is 2.67 bits per heavy atom. The zero-order chi connectivity index (χ0) is 13.5. The predicted molar refractivity (Wildman–Crippen MR) is 72.6 cm³/mol. The molecule has 0 aliphatic carbocycles. The quantitative estimate of drug-likeness (QED) is 0.834. The molecule has 1 rings (SSSR count). The van der Waals surface area contributed by atoms with Crippen LogP contribution >= 0.6 is 0 Å². The summed E-state index contributed by atoms with van der Waals surface area (Å²) in [6.45, 7) is 4.97. The molecule has 0 aromatic heterocycles. The minimum absolute atomic E-state index is 0.0783. The summed E-state index contributed by atoms with van der Waals surface area (Å²) in [5.41, 5.74) is 1.01. The molecule has 1 N–H and O–H groups in total. The van der Waals surface area contributed by atoms with Gasteiger partial charge in [0.05, 0.1) is 13.7 Å². The zero-order valence-corrected chi connectivity index (χ0v) is 11.6. The molecule has 1 aromatic rings. The first-order valence-corrected chi connectivity index (χ1v) is 6.13. The molecule has 0 spiro atoms. The molecular weight excluding hydrogens is 228 g/mol. The van der Waals surface area contributed by atoms with Crippen molar-refractivity contribution in [2.45, 2.75) is 26.4 Å². The molecule has 0 unspecified atom stereocenters. The van der Waals surface area contributed by atoms with Crippen molar-refractivity contribution in [3.05, 3.63) is 29.8 Å². The molecule has 1 amide bonds. The Morgan fingerprint density at radius 2 is 2.06 bits per heavy atom. The first kappa shape index (κ1) is 14.5. The highest BCUT2D eigenvalue weighted by atomic mass is 16.5. The molecule has 4 heteroatoms. The molecule has 0 radical (unpaired) electrons. The third-order valence-corrected chi connectivity index (χ3v) is 2.69. The number of hydrogen-bond donors (Lipinski definition) is 1. The van der Waals surface area contributed by atoms with Crippen molar-refractivity contribution in [2.24, 2.45) is 0 Å². The fourth-order valence-electron chi connectivity index (χ4n) is 1.60. The van der Waals surface area contributed by atoms with Crippen LogP contribution < -0.4 is 10.1 Å². The highest BCUT2D eigenvalue weighted by molar-refractivity contribution is 5.78. The van der Waals surface area contributed by atoms with E-state index in [1.807, 2.05) is 38.1 Å². The van der Waals surface area contributed by atoms with Gasteiger partial charge in [0.25, 0.3) is 0 Å². The number of nitrogens with zero attached hydrogens (tertiary/aromatic N) is 1. The second kappa shape index (κ2) is 7.01.